The molecule has 1 N–H and O–H groups in total. The molecular formula is C14H17NO. The molecule has 2 aromatic carbocycles. The van der Waals surface area contributed by atoms with E-state index in [0.717, 1.165) is 4.48 Å². The molecule has 0 aromatic heterocycles. The summed E-state index contributed by atoms with van der Waals surface area (Å²) in [6.07, 6.45) is 0. The SMILES string of the molecule is C[N+](C)(c1ccccc1)c1ccccc1.[OH-]. The van der Waals surface area contributed by atoms with Crippen molar-refractivity contribution in [1.82, 2.24) is 4.48 Å². The van der Waals surface area contributed by atoms with E-state index in [2.05, 4.69) is 74.8 Å². The number of benzene rings is 2. The summed E-state index contributed by atoms with van der Waals surface area (Å²) in [7, 11) is 4.40. The quantitative estimate of drug-likeness (QED) is 0.706. The van der Waals surface area contributed by atoms with Gasteiger partial charge in [0.05, 0.1) is 14.1 Å². The van der Waals surface area contributed by atoms with Gasteiger partial charge >= 0.3 is 0 Å². The molecule has 0 aliphatic rings. The molecule has 0 aliphatic heterocycles. The molecule has 0 amide bonds. The molecule has 0 radical (unpaired) electrons. The van der Waals surface area contributed by atoms with Crippen molar-refractivity contribution in [1.29, 1.82) is 0 Å². The van der Waals surface area contributed by atoms with Crippen LogP contribution in [0.15, 0.2) is 60.7 Å². The molecule has 2 rings (SSSR count). The maximum Gasteiger partial charge on any atom is 0.137 e. The fourth-order valence-corrected chi connectivity index (χ4v) is 1.75. The highest BCUT2D eigenvalue weighted by molar-refractivity contribution is 5.56. The van der Waals surface area contributed by atoms with Gasteiger partial charge in [0.2, 0.25) is 0 Å². The van der Waals surface area contributed by atoms with E-state index in [1.54, 1.807) is 0 Å². The fraction of sp³-hybridized carbons (Fsp3) is 0.143. The number of quaternary nitrogens is 1. The van der Waals surface area contributed by atoms with Gasteiger partial charge in [0, 0.05) is 0 Å². The van der Waals surface area contributed by atoms with Crippen molar-refractivity contribution in [3.8, 4) is 0 Å². The molecule has 0 saturated heterocycles. The lowest BCUT2D eigenvalue weighted by molar-refractivity contribution is 0.555. The van der Waals surface area contributed by atoms with Crippen LogP contribution in [0.3, 0.4) is 0 Å². The second-order valence-electron chi connectivity index (χ2n) is 4.12. The molecule has 84 valence electrons. The smallest absolute Gasteiger partial charge is 0.137 e. The summed E-state index contributed by atoms with van der Waals surface area (Å²) in [5, 5.41) is 0. The van der Waals surface area contributed by atoms with E-state index in [4.69, 9.17) is 0 Å². The third-order valence-corrected chi connectivity index (χ3v) is 2.80. The molecule has 0 spiro atoms. The largest absolute Gasteiger partial charge is 0.870 e. The lowest BCUT2D eigenvalue weighted by atomic mass is 10.2. The Morgan fingerprint density at radius 2 is 0.938 bits per heavy atom. The van der Waals surface area contributed by atoms with E-state index in [0.29, 0.717) is 0 Å². The molecule has 16 heavy (non-hydrogen) atoms. The highest BCUT2D eigenvalue weighted by atomic mass is 16.0. The standard InChI is InChI=1S/C14H16N.H2O/c1-15(2,13-9-5-3-6-10-13)14-11-7-4-8-12-14;/h3-12H,1-2H3;1H2/q+1;/p-1. The maximum absolute atomic E-state index is 2.20. The fourth-order valence-electron chi connectivity index (χ4n) is 1.75. The molecule has 0 aliphatic carbocycles. The predicted octanol–water partition coefficient (Wildman–Crippen LogP) is 3.41. The lowest BCUT2D eigenvalue weighted by Crippen LogP contribution is -2.33. The van der Waals surface area contributed by atoms with Crippen LogP contribution in [-0.2, 0) is 0 Å². The summed E-state index contributed by atoms with van der Waals surface area (Å²) in [5.74, 6) is 0. The Hall–Kier alpha value is -1.64. The molecule has 0 bridgehead atoms. The van der Waals surface area contributed by atoms with Gasteiger partial charge < -0.3 is 5.48 Å². The maximum atomic E-state index is 2.20. The van der Waals surface area contributed by atoms with Gasteiger partial charge in [0.1, 0.15) is 11.4 Å². The first-order valence-electron chi connectivity index (χ1n) is 5.16. The van der Waals surface area contributed by atoms with Crippen molar-refractivity contribution < 1.29 is 5.48 Å². The Morgan fingerprint density at radius 3 is 1.25 bits per heavy atom. The Bertz CT molecular complexity index is 382. The van der Waals surface area contributed by atoms with Crippen LogP contribution in [0.5, 0.6) is 0 Å². The van der Waals surface area contributed by atoms with Crippen LogP contribution in [0, 0.1) is 0 Å². The van der Waals surface area contributed by atoms with Gasteiger partial charge in [-0.1, -0.05) is 36.4 Å². The minimum Gasteiger partial charge on any atom is -0.870 e. The summed E-state index contributed by atoms with van der Waals surface area (Å²) < 4.78 is 0.779. The highest BCUT2D eigenvalue weighted by Crippen LogP contribution is 2.29. The first kappa shape index (κ1) is 12.4. The van der Waals surface area contributed by atoms with Crippen LogP contribution in [0.25, 0.3) is 0 Å². The van der Waals surface area contributed by atoms with E-state index < -0.39 is 0 Å². The van der Waals surface area contributed by atoms with E-state index in [-0.39, 0.29) is 5.48 Å². The van der Waals surface area contributed by atoms with Crippen LogP contribution >= 0.6 is 0 Å². The topological polar surface area (TPSA) is 30.0 Å². The second-order valence-corrected chi connectivity index (χ2v) is 4.12. The van der Waals surface area contributed by atoms with E-state index >= 15 is 0 Å². The summed E-state index contributed by atoms with van der Waals surface area (Å²) in [6, 6.07) is 21.1. The summed E-state index contributed by atoms with van der Waals surface area (Å²) in [5.41, 5.74) is 2.59. The summed E-state index contributed by atoms with van der Waals surface area (Å²) in [4.78, 5) is 0. The average Bonchev–Trinajstić information content (AvgIpc) is 2.31. The van der Waals surface area contributed by atoms with Crippen molar-refractivity contribution in [2.45, 2.75) is 0 Å². The normalized spacial score (nSPS) is 10.6. The third-order valence-electron chi connectivity index (χ3n) is 2.80. The number of hydrogen-bond acceptors (Lipinski definition) is 1. The number of nitrogens with zero attached hydrogens (tertiary/aromatic N) is 1. The van der Waals surface area contributed by atoms with Gasteiger partial charge in [-0.05, 0) is 24.3 Å². The number of rotatable bonds is 2. The zero-order chi connectivity index (χ0) is 10.7. The van der Waals surface area contributed by atoms with E-state index in [1.807, 2.05) is 0 Å². The Labute approximate surface area is 96.7 Å². The predicted molar refractivity (Wildman–Crippen MR) is 68.1 cm³/mol. The van der Waals surface area contributed by atoms with Gasteiger partial charge in [0.15, 0.2) is 0 Å². The van der Waals surface area contributed by atoms with Gasteiger partial charge in [-0.25, -0.2) is 0 Å². The van der Waals surface area contributed by atoms with Crippen LogP contribution in [-0.4, -0.2) is 19.6 Å². The third kappa shape index (κ3) is 2.30. The zero-order valence-electron chi connectivity index (χ0n) is 9.67. The minimum atomic E-state index is 0. The first-order chi connectivity index (χ1) is 7.21. The van der Waals surface area contributed by atoms with Crippen LogP contribution in [0.2, 0.25) is 0 Å². The molecule has 0 heterocycles. The van der Waals surface area contributed by atoms with Crippen molar-refractivity contribution in [3.05, 3.63) is 60.7 Å². The van der Waals surface area contributed by atoms with Crippen molar-refractivity contribution in [2.24, 2.45) is 0 Å². The Balaban J connectivity index is 0.00000128. The molecule has 2 nitrogen and oxygen atoms in total. The average molecular weight is 215 g/mol. The van der Waals surface area contributed by atoms with E-state index in [9.17, 15) is 0 Å². The molecule has 0 saturated carbocycles. The minimum absolute atomic E-state index is 0. The van der Waals surface area contributed by atoms with Crippen molar-refractivity contribution in [2.75, 3.05) is 14.1 Å². The van der Waals surface area contributed by atoms with Crippen LogP contribution < -0.4 is 4.48 Å². The summed E-state index contributed by atoms with van der Waals surface area (Å²) >= 11 is 0. The van der Waals surface area contributed by atoms with Gasteiger partial charge in [-0.3, -0.25) is 4.48 Å². The van der Waals surface area contributed by atoms with Crippen LogP contribution in [0.1, 0.15) is 0 Å². The van der Waals surface area contributed by atoms with E-state index in [1.165, 1.54) is 11.4 Å². The Morgan fingerprint density at radius 1 is 0.625 bits per heavy atom. The van der Waals surface area contributed by atoms with Crippen LogP contribution in [0.4, 0.5) is 11.4 Å². The Kier molecular flexibility index (Phi) is 3.82. The molecule has 0 atom stereocenters. The summed E-state index contributed by atoms with van der Waals surface area (Å²) in [6.45, 7) is 0. The first-order valence-corrected chi connectivity index (χ1v) is 5.16. The number of hydrogen-bond donors (Lipinski definition) is 0. The molecule has 2 aromatic rings. The molecular weight excluding hydrogens is 198 g/mol. The lowest BCUT2D eigenvalue weighted by Gasteiger charge is -2.28. The molecule has 2 heteroatoms. The van der Waals surface area contributed by atoms with Gasteiger partial charge in [-0.15, -0.1) is 0 Å². The van der Waals surface area contributed by atoms with Gasteiger partial charge in [-0.2, -0.15) is 0 Å². The van der Waals surface area contributed by atoms with Gasteiger partial charge in [0.25, 0.3) is 0 Å². The van der Waals surface area contributed by atoms with Crippen molar-refractivity contribution >= 4 is 11.4 Å². The second kappa shape index (κ2) is 4.92. The molecule has 0 unspecified atom stereocenters. The van der Waals surface area contributed by atoms with Crippen molar-refractivity contribution in [3.63, 3.8) is 0 Å². The molecule has 0 fully saturated rings. The zero-order valence-corrected chi connectivity index (χ0v) is 9.67. The highest BCUT2D eigenvalue weighted by Gasteiger charge is 2.20. The monoisotopic (exact) mass is 215 g/mol. The number of para-hydroxylation sites is 2.